The summed E-state index contributed by atoms with van der Waals surface area (Å²) in [5.74, 6) is 1.41. The molecule has 0 N–H and O–H groups in total. The van der Waals surface area contributed by atoms with Crippen molar-refractivity contribution >= 4 is 39.7 Å². The third-order valence-electron chi connectivity index (χ3n) is 4.38. The fourth-order valence-electron chi connectivity index (χ4n) is 2.73. The van der Waals surface area contributed by atoms with Crippen LogP contribution in [0, 0.1) is 0 Å². The Labute approximate surface area is 174 Å². The molecule has 1 aliphatic heterocycles. The van der Waals surface area contributed by atoms with E-state index < -0.39 is 5.97 Å². The molecule has 0 aromatic heterocycles. The summed E-state index contributed by atoms with van der Waals surface area (Å²) in [4.78, 5) is 29.3. The summed E-state index contributed by atoms with van der Waals surface area (Å²) in [7, 11) is 0. The second-order valence-corrected chi connectivity index (χ2v) is 9.02. The van der Waals surface area contributed by atoms with Gasteiger partial charge >= 0.3 is 5.97 Å². The number of rotatable bonds is 7. The van der Waals surface area contributed by atoms with E-state index >= 15 is 0 Å². The standard InChI is InChI=1S/C22H23NO3S2/c1-15(2)16-7-9-17(10-8-16)20(24)13-26-21(25)19-6-4-3-5-18(19)14-28-22-23-11-12-27-22/h3-10,15H,11-14H2,1-2H3. The van der Waals surface area contributed by atoms with Gasteiger partial charge in [-0.25, -0.2) is 4.79 Å². The van der Waals surface area contributed by atoms with E-state index in [0.29, 0.717) is 22.8 Å². The Morgan fingerprint density at radius 3 is 2.57 bits per heavy atom. The minimum Gasteiger partial charge on any atom is -0.454 e. The Bertz CT molecular complexity index is 876. The minimum atomic E-state index is -0.468. The second kappa shape index (κ2) is 9.94. The van der Waals surface area contributed by atoms with E-state index in [4.69, 9.17) is 4.74 Å². The van der Waals surface area contributed by atoms with Crippen molar-refractivity contribution in [3.8, 4) is 0 Å². The van der Waals surface area contributed by atoms with Crippen LogP contribution in [0.2, 0.25) is 0 Å². The number of nitrogens with zero attached hydrogens (tertiary/aromatic N) is 1. The third kappa shape index (κ3) is 5.49. The number of hydrogen-bond donors (Lipinski definition) is 0. The molecule has 0 amide bonds. The molecule has 2 aromatic carbocycles. The van der Waals surface area contributed by atoms with E-state index in [0.717, 1.165) is 22.2 Å². The summed E-state index contributed by atoms with van der Waals surface area (Å²) < 4.78 is 6.36. The van der Waals surface area contributed by atoms with E-state index in [2.05, 4.69) is 18.8 Å². The van der Waals surface area contributed by atoms with Crippen molar-refractivity contribution in [3.05, 3.63) is 70.8 Å². The van der Waals surface area contributed by atoms with Crippen molar-refractivity contribution in [2.75, 3.05) is 18.9 Å². The molecule has 0 spiro atoms. The van der Waals surface area contributed by atoms with Crippen molar-refractivity contribution < 1.29 is 14.3 Å². The number of hydrogen-bond acceptors (Lipinski definition) is 6. The number of benzene rings is 2. The quantitative estimate of drug-likeness (QED) is 0.462. The van der Waals surface area contributed by atoms with Gasteiger partial charge in [0.25, 0.3) is 0 Å². The van der Waals surface area contributed by atoms with Crippen LogP contribution in [0.25, 0.3) is 0 Å². The summed E-state index contributed by atoms with van der Waals surface area (Å²) in [6, 6.07) is 14.8. The summed E-state index contributed by atoms with van der Waals surface area (Å²) in [5, 5.41) is 0. The molecule has 2 aromatic rings. The van der Waals surface area contributed by atoms with Crippen molar-refractivity contribution in [2.24, 2.45) is 4.99 Å². The maximum Gasteiger partial charge on any atom is 0.338 e. The highest BCUT2D eigenvalue weighted by Crippen LogP contribution is 2.26. The van der Waals surface area contributed by atoms with Gasteiger partial charge in [0.1, 0.15) is 4.38 Å². The first-order valence-electron chi connectivity index (χ1n) is 9.23. The van der Waals surface area contributed by atoms with Crippen LogP contribution in [0.1, 0.15) is 51.6 Å². The van der Waals surface area contributed by atoms with Crippen molar-refractivity contribution in [1.29, 1.82) is 0 Å². The number of ether oxygens (including phenoxy) is 1. The molecule has 0 radical (unpaired) electrons. The fourth-order valence-corrected chi connectivity index (χ4v) is 4.75. The first kappa shape index (κ1) is 20.7. The number of thioether (sulfide) groups is 2. The van der Waals surface area contributed by atoms with Crippen molar-refractivity contribution in [1.82, 2.24) is 0 Å². The van der Waals surface area contributed by atoms with E-state index in [1.54, 1.807) is 47.8 Å². The largest absolute Gasteiger partial charge is 0.454 e. The van der Waals surface area contributed by atoms with Gasteiger partial charge in [0, 0.05) is 17.1 Å². The maximum atomic E-state index is 12.5. The van der Waals surface area contributed by atoms with Gasteiger partial charge in [0.2, 0.25) is 0 Å². The highest BCUT2D eigenvalue weighted by atomic mass is 32.2. The van der Waals surface area contributed by atoms with Crippen LogP contribution in [-0.2, 0) is 10.5 Å². The predicted molar refractivity (Wildman–Crippen MR) is 118 cm³/mol. The third-order valence-corrected chi connectivity index (χ3v) is 6.68. The lowest BCUT2D eigenvalue weighted by Crippen LogP contribution is -2.15. The first-order valence-corrected chi connectivity index (χ1v) is 11.2. The number of carbonyl (C=O) groups is 2. The molecular formula is C22H23NO3S2. The van der Waals surface area contributed by atoms with Gasteiger partial charge in [0.15, 0.2) is 12.4 Å². The predicted octanol–water partition coefficient (Wildman–Crippen LogP) is 5.19. The molecule has 0 atom stereocenters. The number of ketones is 1. The number of Topliss-reactive ketones (excluding diaryl/α,β-unsaturated/α-hetero) is 1. The molecule has 0 saturated heterocycles. The number of aliphatic imine (C=N–C) groups is 1. The second-order valence-electron chi connectivity index (χ2n) is 6.72. The van der Waals surface area contributed by atoms with Gasteiger partial charge in [-0.15, -0.1) is 0 Å². The molecule has 4 nitrogen and oxygen atoms in total. The molecule has 3 rings (SSSR count). The molecule has 0 saturated carbocycles. The van der Waals surface area contributed by atoms with Gasteiger partial charge in [-0.1, -0.05) is 79.8 Å². The summed E-state index contributed by atoms with van der Waals surface area (Å²) in [6.07, 6.45) is 0. The molecule has 0 fully saturated rings. The molecule has 28 heavy (non-hydrogen) atoms. The Balaban J connectivity index is 1.59. The van der Waals surface area contributed by atoms with Crippen LogP contribution < -0.4 is 0 Å². The fraction of sp³-hybridized carbons (Fsp3) is 0.318. The Morgan fingerprint density at radius 2 is 1.89 bits per heavy atom. The van der Waals surface area contributed by atoms with Gasteiger partial charge in [0.05, 0.1) is 12.1 Å². The van der Waals surface area contributed by atoms with Gasteiger partial charge in [-0.3, -0.25) is 9.79 Å². The summed E-state index contributed by atoms with van der Waals surface area (Å²) in [6.45, 7) is 4.81. The molecule has 1 heterocycles. The zero-order valence-corrected chi connectivity index (χ0v) is 17.6. The van der Waals surface area contributed by atoms with Crippen molar-refractivity contribution in [2.45, 2.75) is 25.5 Å². The highest BCUT2D eigenvalue weighted by molar-refractivity contribution is 8.38. The molecular weight excluding hydrogens is 390 g/mol. The number of esters is 1. The average molecular weight is 414 g/mol. The Kier molecular flexibility index (Phi) is 7.34. The maximum absolute atomic E-state index is 12.5. The van der Waals surface area contributed by atoms with Crippen LogP contribution in [0.15, 0.2) is 53.5 Å². The zero-order valence-electron chi connectivity index (χ0n) is 16.0. The van der Waals surface area contributed by atoms with Gasteiger partial charge in [-0.2, -0.15) is 0 Å². The topological polar surface area (TPSA) is 55.7 Å². The average Bonchev–Trinajstić information content (AvgIpc) is 3.24. The van der Waals surface area contributed by atoms with Crippen LogP contribution in [0.3, 0.4) is 0 Å². The van der Waals surface area contributed by atoms with Crippen molar-refractivity contribution in [3.63, 3.8) is 0 Å². The number of carbonyl (C=O) groups excluding carboxylic acids is 2. The summed E-state index contributed by atoms with van der Waals surface area (Å²) in [5.41, 5.74) is 3.12. The molecule has 0 bridgehead atoms. The van der Waals surface area contributed by atoms with Gasteiger partial charge in [-0.05, 0) is 23.1 Å². The first-order chi connectivity index (χ1) is 13.5. The minimum absolute atomic E-state index is 0.202. The monoisotopic (exact) mass is 413 g/mol. The van der Waals surface area contributed by atoms with Crippen LogP contribution in [0.5, 0.6) is 0 Å². The van der Waals surface area contributed by atoms with Crippen LogP contribution in [-0.4, -0.2) is 35.0 Å². The Hall–Kier alpha value is -2.05. The molecule has 0 unspecified atom stereocenters. The SMILES string of the molecule is CC(C)c1ccc(C(=O)COC(=O)c2ccccc2CSC2=NCCS2)cc1. The van der Waals surface area contributed by atoms with Gasteiger partial charge < -0.3 is 4.74 Å². The lowest BCUT2D eigenvalue weighted by atomic mass is 10.0. The van der Waals surface area contributed by atoms with E-state index in [-0.39, 0.29) is 12.4 Å². The smallest absolute Gasteiger partial charge is 0.338 e. The van der Waals surface area contributed by atoms with Crippen LogP contribution >= 0.6 is 23.5 Å². The molecule has 0 aliphatic carbocycles. The molecule has 146 valence electrons. The molecule has 6 heteroatoms. The lowest BCUT2D eigenvalue weighted by Gasteiger charge is -2.10. The van der Waals surface area contributed by atoms with E-state index in [1.165, 1.54) is 5.56 Å². The zero-order chi connectivity index (χ0) is 19.9. The van der Waals surface area contributed by atoms with E-state index in [1.807, 2.05) is 24.3 Å². The van der Waals surface area contributed by atoms with Crippen LogP contribution in [0.4, 0.5) is 0 Å². The normalized spacial score (nSPS) is 13.5. The highest BCUT2D eigenvalue weighted by Gasteiger charge is 2.16. The summed E-state index contributed by atoms with van der Waals surface area (Å²) >= 11 is 3.37. The lowest BCUT2D eigenvalue weighted by molar-refractivity contribution is 0.0474. The van der Waals surface area contributed by atoms with E-state index in [9.17, 15) is 9.59 Å². The molecule has 1 aliphatic rings. The Morgan fingerprint density at radius 1 is 1.14 bits per heavy atom.